The Morgan fingerprint density at radius 3 is 2.92 bits per heavy atom. The molecule has 1 atom stereocenters. The number of nitrogens with zero attached hydrogens (tertiary/aromatic N) is 4. The third kappa shape index (κ3) is 2.59. The number of H-pyrrole nitrogens is 1. The first-order chi connectivity index (χ1) is 12.1. The Kier molecular flexibility index (Phi) is 3.78. The van der Waals surface area contributed by atoms with E-state index in [-0.39, 0.29) is 11.9 Å². The van der Waals surface area contributed by atoms with Gasteiger partial charge in [-0.3, -0.25) is 9.89 Å². The monoisotopic (exact) mass is 339 g/mol. The zero-order chi connectivity index (χ0) is 17.6. The molecule has 0 spiro atoms. The highest BCUT2D eigenvalue weighted by Crippen LogP contribution is 2.34. The van der Waals surface area contributed by atoms with Crippen LogP contribution in [0.25, 0.3) is 11.1 Å². The number of piperidine rings is 1. The third-order valence-electron chi connectivity index (χ3n) is 4.94. The largest absolute Gasteiger partial charge is 0.336 e. The van der Waals surface area contributed by atoms with Gasteiger partial charge in [0, 0.05) is 12.2 Å². The number of aryl methyl sites for hydroxylation is 3. The van der Waals surface area contributed by atoms with Crippen molar-refractivity contribution in [2.24, 2.45) is 0 Å². The molecule has 0 aliphatic carbocycles. The minimum Gasteiger partial charge on any atom is -0.336 e. The average molecular weight is 339 g/mol. The lowest BCUT2D eigenvalue weighted by atomic mass is 9.96. The van der Waals surface area contributed by atoms with Gasteiger partial charge in [-0.15, -0.1) is 0 Å². The number of carbonyl (C=O) groups excluding carboxylic acids is 1. The van der Waals surface area contributed by atoms with Gasteiger partial charge in [0.05, 0.1) is 34.6 Å². The van der Waals surface area contributed by atoms with Crippen LogP contribution in [0.1, 0.15) is 58.3 Å². The summed E-state index contributed by atoms with van der Waals surface area (Å²) in [6, 6.07) is 1.85. The number of aromatic amines is 1. The van der Waals surface area contributed by atoms with E-state index in [2.05, 4.69) is 20.3 Å². The number of nitrogens with one attached hydrogen (secondary N) is 1. The van der Waals surface area contributed by atoms with Crippen molar-refractivity contribution in [3.8, 4) is 0 Å². The van der Waals surface area contributed by atoms with Crippen molar-refractivity contribution in [3.05, 3.63) is 40.5 Å². The minimum atomic E-state index is 0.000463. The van der Waals surface area contributed by atoms with Gasteiger partial charge in [-0.05, 0) is 51.7 Å². The summed E-state index contributed by atoms with van der Waals surface area (Å²) >= 11 is 0. The van der Waals surface area contributed by atoms with E-state index < -0.39 is 0 Å². The van der Waals surface area contributed by atoms with E-state index in [0.29, 0.717) is 22.4 Å². The Morgan fingerprint density at radius 2 is 2.16 bits per heavy atom. The molecule has 1 aliphatic rings. The standard InChI is InChI=1S/C18H21N5O2/c1-10-9-19-21-16(10)14-6-4-5-7-23(14)18(24)13-8-11(2)20-17-15(13)12(3)22-25-17/h8-9,14H,4-7H2,1-3H3,(H,19,21)/t14-/m0/s1. The lowest BCUT2D eigenvalue weighted by molar-refractivity contribution is 0.0607. The lowest BCUT2D eigenvalue weighted by Crippen LogP contribution is -2.39. The van der Waals surface area contributed by atoms with Gasteiger partial charge in [0.25, 0.3) is 11.6 Å². The molecule has 7 nitrogen and oxygen atoms in total. The first-order valence-corrected chi connectivity index (χ1v) is 8.60. The van der Waals surface area contributed by atoms with Gasteiger partial charge in [-0.2, -0.15) is 5.10 Å². The van der Waals surface area contributed by atoms with Crippen LogP contribution in [0.3, 0.4) is 0 Å². The van der Waals surface area contributed by atoms with Gasteiger partial charge < -0.3 is 9.42 Å². The molecule has 4 heterocycles. The molecule has 1 amide bonds. The first-order valence-electron chi connectivity index (χ1n) is 8.60. The maximum atomic E-state index is 13.4. The molecule has 1 saturated heterocycles. The van der Waals surface area contributed by atoms with Crippen molar-refractivity contribution in [2.75, 3.05) is 6.54 Å². The summed E-state index contributed by atoms with van der Waals surface area (Å²) < 4.78 is 5.28. The maximum Gasteiger partial charge on any atom is 0.258 e. The zero-order valence-corrected chi connectivity index (χ0v) is 14.7. The van der Waals surface area contributed by atoms with E-state index in [1.54, 1.807) is 0 Å². The second-order valence-corrected chi connectivity index (χ2v) is 6.74. The minimum absolute atomic E-state index is 0.000463. The Morgan fingerprint density at radius 1 is 1.32 bits per heavy atom. The summed E-state index contributed by atoms with van der Waals surface area (Å²) in [4.78, 5) is 19.7. The van der Waals surface area contributed by atoms with Crippen LogP contribution in [0, 0.1) is 20.8 Å². The average Bonchev–Trinajstić information content (AvgIpc) is 3.19. The van der Waals surface area contributed by atoms with Crippen molar-refractivity contribution in [3.63, 3.8) is 0 Å². The number of carbonyl (C=O) groups is 1. The predicted molar refractivity (Wildman–Crippen MR) is 92.2 cm³/mol. The van der Waals surface area contributed by atoms with Crippen LogP contribution in [-0.2, 0) is 0 Å². The van der Waals surface area contributed by atoms with E-state index in [4.69, 9.17) is 4.52 Å². The molecule has 3 aromatic heterocycles. The third-order valence-corrected chi connectivity index (χ3v) is 4.94. The predicted octanol–water partition coefficient (Wildman–Crippen LogP) is 3.24. The van der Waals surface area contributed by atoms with Gasteiger partial charge in [-0.25, -0.2) is 4.98 Å². The molecule has 25 heavy (non-hydrogen) atoms. The quantitative estimate of drug-likeness (QED) is 0.774. The number of likely N-dealkylation sites (tertiary alicyclic amines) is 1. The van der Waals surface area contributed by atoms with Crippen molar-refractivity contribution in [2.45, 2.75) is 46.1 Å². The van der Waals surface area contributed by atoms with E-state index in [0.717, 1.165) is 42.8 Å². The second kappa shape index (κ2) is 5.98. The van der Waals surface area contributed by atoms with Gasteiger partial charge in [0.2, 0.25) is 0 Å². The van der Waals surface area contributed by atoms with Gasteiger partial charge in [0.15, 0.2) is 0 Å². The fourth-order valence-electron chi connectivity index (χ4n) is 3.71. The number of pyridine rings is 1. The fourth-order valence-corrected chi connectivity index (χ4v) is 3.71. The van der Waals surface area contributed by atoms with Crippen LogP contribution < -0.4 is 0 Å². The fraction of sp³-hybridized carbons (Fsp3) is 0.444. The highest BCUT2D eigenvalue weighted by atomic mass is 16.5. The molecule has 0 radical (unpaired) electrons. The summed E-state index contributed by atoms with van der Waals surface area (Å²) in [7, 11) is 0. The maximum absolute atomic E-state index is 13.4. The highest BCUT2D eigenvalue weighted by molar-refractivity contribution is 6.06. The van der Waals surface area contributed by atoms with Crippen LogP contribution in [-0.4, -0.2) is 37.7 Å². The number of aromatic nitrogens is 4. The lowest BCUT2D eigenvalue weighted by Gasteiger charge is -2.35. The number of fused-ring (bicyclic) bond motifs is 1. The van der Waals surface area contributed by atoms with Gasteiger partial charge in [-0.1, -0.05) is 5.16 Å². The van der Waals surface area contributed by atoms with Gasteiger partial charge >= 0.3 is 0 Å². The summed E-state index contributed by atoms with van der Waals surface area (Å²) in [5, 5.41) is 11.9. The van der Waals surface area contributed by atoms with E-state index in [9.17, 15) is 4.79 Å². The molecule has 4 rings (SSSR count). The Bertz CT molecular complexity index is 942. The molecule has 3 aromatic rings. The topological polar surface area (TPSA) is 87.9 Å². The SMILES string of the molecule is Cc1cc(C(=O)N2CCCC[C@H]2c2[nH]ncc2C)c2c(C)noc2n1. The smallest absolute Gasteiger partial charge is 0.258 e. The molecule has 0 aromatic carbocycles. The van der Waals surface area contributed by atoms with Crippen LogP contribution in [0.15, 0.2) is 16.8 Å². The number of rotatable bonds is 2. The number of amides is 1. The highest BCUT2D eigenvalue weighted by Gasteiger charge is 2.32. The molecule has 1 fully saturated rings. The summed E-state index contributed by atoms with van der Waals surface area (Å²) in [5.74, 6) is 0.000463. The summed E-state index contributed by atoms with van der Waals surface area (Å²) in [6.45, 7) is 6.46. The Labute approximate surface area is 145 Å². The molecule has 1 aliphatic heterocycles. The Hall–Kier alpha value is -2.70. The molecule has 0 unspecified atom stereocenters. The molecule has 1 N–H and O–H groups in total. The van der Waals surface area contributed by atoms with Gasteiger partial charge in [0.1, 0.15) is 0 Å². The van der Waals surface area contributed by atoms with Crippen LogP contribution in [0.2, 0.25) is 0 Å². The summed E-state index contributed by atoms with van der Waals surface area (Å²) in [5.41, 5.74) is 4.59. The zero-order valence-electron chi connectivity index (χ0n) is 14.7. The summed E-state index contributed by atoms with van der Waals surface area (Å²) in [6.07, 6.45) is 4.85. The van der Waals surface area contributed by atoms with Crippen LogP contribution in [0.4, 0.5) is 0 Å². The second-order valence-electron chi connectivity index (χ2n) is 6.74. The van der Waals surface area contributed by atoms with E-state index in [1.165, 1.54) is 0 Å². The van der Waals surface area contributed by atoms with E-state index >= 15 is 0 Å². The number of hydrogen-bond acceptors (Lipinski definition) is 5. The molecular weight excluding hydrogens is 318 g/mol. The number of hydrogen-bond donors (Lipinski definition) is 1. The van der Waals surface area contributed by atoms with E-state index in [1.807, 2.05) is 37.9 Å². The molecule has 7 heteroatoms. The Balaban J connectivity index is 1.79. The van der Waals surface area contributed by atoms with Crippen molar-refractivity contribution < 1.29 is 9.32 Å². The van der Waals surface area contributed by atoms with Crippen molar-refractivity contribution in [1.82, 2.24) is 25.2 Å². The molecule has 0 bridgehead atoms. The first kappa shape index (κ1) is 15.8. The molecule has 130 valence electrons. The van der Waals surface area contributed by atoms with Crippen molar-refractivity contribution in [1.29, 1.82) is 0 Å². The normalized spacial score (nSPS) is 18.0. The van der Waals surface area contributed by atoms with Crippen molar-refractivity contribution >= 4 is 17.0 Å². The molecular formula is C18H21N5O2. The van der Waals surface area contributed by atoms with Crippen LogP contribution >= 0.6 is 0 Å². The molecule has 0 saturated carbocycles. The van der Waals surface area contributed by atoms with Crippen LogP contribution in [0.5, 0.6) is 0 Å².